The van der Waals surface area contributed by atoms with Gasteiger partial charge in [-0.3, -0.25) is 4.79 Å². The molecule has 3 atom stereocenters. The van der Waals surface area contributed by atoms with Crippen LogP contribution in [0.25, 0.3) is 0 Å². The Morgan fingerprint density at radius 3 is 2.40 bits per heavy atom. The van der Waals surface area contributed by atoms with Crippen LogP contribution in [0.15, 0.2) is 29.2 Å². The maximum Gasteiger partial charge on any atom is 0.240 e. The first kappa shape index (κ1) is 19.8. The zero-order chi connectivity index (χ0) is 18.4. The minimum Gasteiger partial charge on any atom is -0.376 e. The fraction of sp³-hybridized carbons (Fsp3) is 0.588. The number of amides is 1. The highest BCUT2D eigenvalue weighted by Gasteiger charge is 2.24. The highest BCUT2D eigenvalue weighted by atomic mass is 32.2. The van der Waals surface area contributed by atoms with Crippen LogP contribution >= 0.6 is 0 Å². The molecule has 1 amide bonds. The Balaban J connectivity index is 1.72. The van der Waals surface area contributed by atoms with Crippen molar-refractivity contribution in [2.24, 2.45) is 5.92 Å². The molecule has 0 spiro atoms. The van der Waals surface area contributed by atoms with Gasteiger partial charge in [0.1, 0.15) is 5.82 Å². The number of benzene rings is 1. The van der Waals surface area contributed by atoms with E-state index in [1.54, 1.807) is 0 Å². The first-order valence-electron chi connectivity index (χ1n) is 8.43. The van der Waals surface area contributed by atoms with Crippen LogP contribution in [-0.4, -0.2) is 39.6 Å². The molecule has 0 aromatic heterocycles. The van der Waals surface area contributed by atoms with Gasteiger partial charge in [0.15, 0.2) is 0 Å². The molecule has 1 aromatic carbocycles. The summed E-state index contributed by atoms with van der Waals surface area (Å²) in [4.78, 5) is 11.9. The van der Waals surface area contributed by atoms with E-state index in [4.69, 9.17) is 4.74 Å². The fourth-order valence-electron chi connectivity index (χ4n) is 3.05. The maximum atomic E-state index is 12.8. The van der Waals surface area contributed by atoms with Crippen LogP contribution in [0.3, 0.4) is 0 Å². The Morgan fingerprint density at radius 1 is 1.20 bits per heavy atom. The summed E-state index contributed by atoms with van der Waals surface area (Å²) in [6, 6.07) is 4.53. The van der Waals surface area contributed by atoms with Crippen molar-refractivity contribution in [1.82, 2.24) is 10.0 Å². The second kappa shape index (κ2) is 8.73. The van der Waals surface area contributed by atoms with E-state index in [0.717, 1.165) is 25.0 Å². The predicted octanol–water partition coefficient (Wildman–Crippen LogP) is 1.81. The fourth-order valence-corrected chi connectivity index (χ4v) is 4.08. The molecule has 1 aromatic rings. The van der Waals surface area contributed by atoms with Gasteiger partial charge in [0.25, 0.3) is 0 Å². The number of halogens is 1. The molecule has 2 rings (SSSR count). The Kier molecular flexibility index (Phi) is 6.92. The smallest absolute Gasteiger partial charge is 0.240 e. The lowest BCUT2D eigenvalue weighted by atomic mass is 9.92. The lowest BCUT2D eigenvalue weighted by Crippen LogP contribution is -2.38. The average Bonchev–Trinajstić information content (AvgIpc) is 2.52. The first-order valence-corrected chi connectivity index (χ1v) is 9.92. The quantitative estimate of drug-likeness (QED) is 0.765. The van der Waals surface area contributed by atoms with Crippen LogP contribution in [0.1, 0.15) is 33.1 Å². The SMILES string of the molecule is C[C@@H]1CC(CNC(=O)CCNS(=O)(=O)c2ccc(F)cc2)C[C@H](C)O1. The van der Waals surface area contributed by atoms with E-state index < -0.39 is 15.8 Å². The number of ether oxygens (including phenoxy) is 1. The van der Waals surface area contributed by atoms with Gasteiger partial charge in [0, 0.05) is 19.5 Å². The monoisotopic (exact) mass is 372 g/mol. The molecule has 0 radical (unpaired) electrons. The molecule has 1 heterocycles. The zero-order valence-corrected chi connectivity index (χ0v) is 15.3. The van der Waals surface area contributed by atoms with E-state index >= 15 is 0 Å². The molecule has 6 nitrogen and oxygen atoms in total. The van der Waals surface area contributed by atoms with Gasteiger partial charge in [-0.05, 0) is 56.9 Å². The Hall–Kier alpha value is -1.51. The molecule has 0 aliphatic carbocycles. The number of hydrogen-bond donors (Lipinski definition) is 2. The van der Waals surface area contributed by atoms with Crippen molar-refractivity contribution in [3.63, 3.8) is 0 Å². The van der Waals surface area contributed by atoms with Crippen molar-refractivity contribution in [3.8, 4) is 0 Å². The van der Waals surface area contributed by atoms with Gasteiger partial charge in [0.2, 0.25) is 15.9 Å². The van der Waals surface area contributed by atoms with E-state index in [2.05, 4.69) is 10.0 Å². The first-order chi connectivity index (χ1) is 11.8. The summed E-state index contributed by atoms with van der Waals surface area (Å²) in [5.74, 6) is -0.331. The lowest BCUT2D eigenvalue weighted by Gasteiger charge is -2.32. The molecule has 2 N–H and O–H groups in total. The van der Waals surface area contributed by atoms with Crippen molar-refractivity contribution in [2.75, 3.05) is 13.1 Å². The zero-order valence-electron chi connectivity index (χ0n) is 14.5. The minimum atomic E-state index is -3.74. The molecule has 0 bridgehead atoms. The van der Waals surface area contributed by atoms with Gasteiger partial charge in [-0.1, -0.05) is 0 Å². The molecule has 140 valence electrons. The normalized spacial score (nSPS) is 24.0. The Morgan fingerprint density at radius 2 is 1.80 bits per heavy atom. The van der Waals surface area contributed by atoms with Crippen LogP contribution in [-0.2, 0) is 19.6 Å². The van der Waals surface area contributed by atoms with Gasteiger partial charge >= 0.3 is 0 Å². The number of carbonyl (C=O) groups excluding carboxylic acids is 1. The summed E-state index contributed by atoms with van der Waals surface area (Å²) >= 11 is 0. The van der Waals surface area contributed by atoms with Crippen molar-refractivity contribution >= 4 is 15.9 Å². The van der Waals surface area contributed by atoms with Crippen LogP contribution in [0.2, 0.25) is 0 Å². The third-order valence-electron chi connectivity index (χ3n) is 4.15. The highest BCUT2D eigenvalue weighted by molar-refractivity contribution is 7.89. The van der Waals surface area contributed by atoms with Gasteiger partial charge in [-0.15, -0.1) is 0 Å². The second-order valence-corrected chi connectivity index (χ2v) is 8.27. The van der Waals surface area contributed by atoms with Crippen molar-refractivity contribution in [2.45, 2.75) is 50.2 Å². The second-order valence-electron chi connectivity index (χ2n) is 6.50. The Labute approximate surface area is 148 Å². The number of hydrogen-bond acceptors (Lipinski definition) is 4. The summed E-state index contributed by atoms with van der Waals surface area (Å²) in [7, 11) is -3.74. The van der Waals surface area contributed by atoms with Crippen LogP contribution < -0.4 is 10.0 Å². The third kappa shape index (κ3) is 6.37. The molecule has 1 fully saturated rings. The lowest BCUT2D eigenvalue weighted by molar-refractivity contribution is -0.121. The molecular weight excluding hydrogens is 347 g/mol. The molecule has 1 saturated heterocycles. The molecule has 1 aliphatic heterocycles. The number of carbonyl (C=O) groups is 1. The van der Waals surface area contributed by atoms with Crippen molar-refractivity contribution in [3.05, 3.63) is 30.1 Å². The molecule has 0 saturated carbocycles. The topological polar surface area (TPSA) is 84.5 Å². The molecule has 25 heavy (non-hydrogen) atoms. The van der Waals surface area contributed by atoms with Gasteiger partial charge < -0.3 is 10.1 Å². The van der Waals surface area contributed by atoms with E-state index in [1.807, 2.05) is 13.8 Å². The largest absolute Gasteiger partial charge is 0.376 e. The summed E-state index contributed by atoms with van der Waals surface area (Å²) in [5, 5.41) is 2.85. The summed E-state index contributed by atoms with van der Waals surface area (Å²) in [6.07, 6.45) is 2.24. The van der Waals surface area contributed by atoms with Gasteiger partial charge in [-0.2, -0.15) is 0 Å². The maximum absolute atomic E-state index is 12.8. The molecule has 1 unspecified atom stereocenters. The average molecular weight is 372 g/mol. The minimum absolute atomic E-state index is 0.00781. The van der Waals surface area contributed by atoms with Crippen molar-refractivity contribution < 1.29 is 22.3 Å². The van der Waals surface area contributed by atoms with Crippen LogP contribution in [0.4, 0.5) is 4.39 Å². The van der Waals surface area contributed by atoms with Gasteiger partial charge in [-0.25, -0.2) is 17.5 Å². The number of nitrogens with one attached hydrogen (secondary N) is 2. The highest BCUT2D eigenvalue weighted by Crippen LogP contribution is 2.23. The molecular formula is C17H25FN2O4S. The summed E-state index contributed by atoms with van der Waals surface area (Å²) < 4.78 is 44.9. The molecule has 8 heteroatoms. The van der Waals surface area contributed by atoms with E-state index in [1.165, 1.54) is 12.1 Å². The van der Waals surface area contributed by atoms with Gasteiger partial charge in [0.05, 0.1) is 17.1 Å². The van der Waals surface area contributed by atoms with E-state index in [0.29, 0.717) is 12.5 Å². The summed E-state index contributed by atoms with van der Waals surface area (Å²) in [6.45, 7) is 4.61. The van der Waals surface area contributed by atoms with Crippen LogP contribution in [0.5, 0.6) is 0 Å². The standard InChI is InChI=1S/C17H25FN2O4S/c1-12-9-14(10-13(2)24-12)11-19-17(21)7-8-20-25(22,23)16-5-3-15(18)4-6-16/h3-6,12-14,20H,7-11H2,1-2H3,(H,19,21)/t12-,13+,14?. The van der Waals surface area contributed by atoms with Crippen molar-refractivity contribution in [1.29, 1.82) is 0 Å². The third-order valence-corrected chi connectivity index (χ3v) is 5.63. The van der Waals surface area contributed by atoms with Crippen LogP contribution in [0, 0.1) is 11.7 Å². The number of rotatable bonds is 7. The van der Waals surface area contributed by atoms with E-state index in [9.17, 15) is 17.6 Å². The number of sulfonamides is 1. The predicted molar refractivity (Wildman–Crippen MR) is 91.9 cm³/mol. The Bertz CT molecular complexity index is 668. The van der Waals surface area contributed by atoms with E-state index in [-0.39, 0.29) is 36.0 Å². The molecule has 1 aliphatic rings. The summed E-state index contributed by atoms with van der Waals surface area (Å²) in [5.41, 5.74) is 0.